The maximum atomic E-state index is 12.9. The predicted octanol–water partition coefficient (Wildman–Crippen LogP) is 1.11. The molecule has 3 rings (SSSR count). The zero-order chi connectivity index (χ0) is 23.6. The predicted molar refractivity (Wildman–Crippen MR) is 124 cm³/mol. The first-order chi connectivity index (χ1) is 16.0. The van der Waals surface area contributed by atoms with Gasteiger partial charge in [0, 0.05) is 25.4 Å². The van der Waals surface area contributed by atoms with Crippen molar-refractivity contribution in [3.63, 3.8) is 0 Å². The maximum Gasteiger partial charge on any atom is 0.319 e. The van der Waals surface area contributed by atoms with Gasteiger partial charge in [0.25, 0.3) is 5.91 Å². The molecule has 0 aliphatic carbocycles. The van der Waals surface area contributed by atoms with Gasteiger partial charge in [-0.1, -0.05) is 0 Å². The molecule has 3 N–H and O–H groups in total. The number of ether oxygens (including phenoxy) is 3. The molecule has 9 heteroatoms. The van der Waals surface area contributed by atoms with Gasteiger partial charge in [-0.15, -0.1) is 0 Å². The molecule has 2 heterocycles. The van der Waals surface area contributed by atoms with Crippen molar-refractivity contribution in [2.75, 3.05) is 59.1 Å². The van der Waals surface area contributed by atoms with Gasteiger partial charge < -0.3 is 34.9 Å². The summed E-state index contributed by atoms with van der Waals surface area (Å²) in [6, 6.07) is 3.71. The van der Waals surface area contributed by atoms with Gasteiger partial charge in [-0.05, 0) is 64.0 Å². The Hall–Kier alpha value is -2.36. The van der Waals surface area contributed by atoms with Crippen molar-refractivity contribution >= 4 is 11.9 Å². The number of carbonyl (C=O) groups excluding carboxylic acids is 2. The van der Waals surface area contributed by atoms with Gasteiger partial charge in [-0.3, -0.25) is 9.59 Å². The Morgan fingerprint density at radius 2 is 2.09 bits per heavy atom. The van der Waals surface area contributed by atoms with Crippen LogP contribution in [0, 0.1) is 12.8 Å². The molecule has 1 unspecified atom stereocenters. The molecular formula is C24H37N3O6. The SMILES string of the molecule is CCOC(=O)CNCCCN1CC[C@@H](CNC(=O)c2cc(C)cc3c2OCCCO3)C(O)C1. The molecule has 1 aromatic carbocycles. The van der Waals surface area contributed by atoms with Crippen LogP contribution in [0.15, 0.2) is 12.1 Å². The molecule has 1 fully saturated rings. The third-order valence-electron chi connectivity index (χ3n) is 5.97. The number of nitrogens with zero attached hydrogens (tertiary/aromatic N) is 1. The van der Waals surface area contributed by atoms with Crippen LogP contribution in [0.1, 0.15) is 42.1 Å². The van der Waals surface area contributed by atoms with Gasteiger partial charge in [0.2, 0.25) is 0 Å². The lowest BCUT2D eigenvalue weighted by molar-refractivity contribution is -0.142. The lowest BCUT2D eigenvalue weighted by Crippen LogP contribution is -2.48. The van der Waals surface area contributed by atoms with E-state index in [-0.39, 0.29) is 24.3 Å². The van der Waals surface area contributed by atoms with Crippen LogP contribution in [0.25, 0.3) is 0 Å². The Balaban J connectivity index is 1.41. The smallest absolute Gasteiger partial charge is 0.319 e. The number of fused-ring (bicyclic) bond motifs is 1. The zero-order valence-electron chi connectivity index (χ0n) is 19.7. The normalized spacial score (nSPS) is 20.7. The molecule has 1 saturated heterocycles. The summed E-state index contributed by atoms with van der Waals surface area (Å²) in [6.45, 7) is 8.85. The van der Waals surface area contributed by atoms with Gasteiger partial charge in [-0.2, -0.15) is 0 Å². The van der Waals surface area contributed by atoms with Crippen LogP contribution in [0.3, 0.4) is 0 Å². The lowest BCUT2D eigenvalue weighted by atomic mass is 9.93. The van der Waals surface area contributed by atoms with Gasteiger partial charge in [0.1, 0.15) is 0 Å². The van der Waals surface area contributed by atoms with E-state index < -0.39 is 6.10 Å². The van der Waals surface area contributed by atoms with Crippen molar-refractivity contribution < 1.29 is 28.9 Å². The van der Waals surface area contributed by atoms with Crippen LogP contribution in [0.5, 0.6) is 11.5 Å². The molecule has 2 aliphatic heterocycles. The molecule has 0 bridgehead atoms. The number of hydrogen-bond acceptors (Lipinski definition) is 8. The van der Waals surface area contributed by atoms with Crippen LogP contribution in [0.2, 0.25) is 0 Å². The fraction of sp³-hybridized carbons (Fsp3) is 0.667. The Morgan fingerprint density at radius 3 is 2.88 bits per heavy atom. The third-order valence-corrected chi connectivity index (χ3v) is 5.97. The fourth-order valence-electron chi connectivity index (χ4n) is 4.22. The van der Waals surface area contributed by atoms with E-state index >= 15 is 0 Å². The number of β-amino-alcohol motifs (C(OH)–C–C–N with tert-alkyl or cyclic N) is 1. The van der Waals surface area contributed by atoms with Crippen molar-refractivity contribution in [3.05, 3.63) is 23.3 Å². The first-order valence-corrected chi connectivity index (χ1v) is 11.9. The Labute approximate surface area is 195 Å². The summed E-state index contributed by atoms with van der Waals surface area (Å²) in [4.78, 5) is 26.4. The quantitative estimate of drug-likeness (QED) is 0.350. The topological polar surface area (TPSA) is 109 Å². The molecule has 0 saturated carbocycles. The summed E-state index contributed by atoms with van der Waals surface area (Å²) in [5, 5.41) is 16.7. The lowest BCUT2D eigenvalue weighted by Gasteiger charge is -2.36. The van der Waals surface area contributed by atoms with Crippen LogP contribution in [0.4, 0.5) is 0 Å². The first-order valence-electron chi connectivity index (χ1n) is 11.9. The average Bonchev–Trinajstić information content (AvgIpc) is 3.03. The number of carbonyl (C=O) groups is 2. The van der Waals surface area contributed by atoms with Crippen molar-refractivity contribution in [2.45, 2.75) is 39.2 Å². The summed E-state index contributed by atoms with van der Waals surface area (Å²) in [6.07, 6.45) is 1.97. The number of benzene rings is 1. The largest absolute Gasteiger partial charge is 0.490 e. The molecule has 2 atom stereocenters. The highest BCUT2D eigenvalue weighted by Gasteiger charge is 2.28. The molecule has 1 aromatic rings. The number of aryl methyl sites for hydroxylation is 1. The molecule has 0 radical (unpaired) electrons. The van der Waals surface area contributed by atoms with Crippen LogP contribution >= 0.6 is 0 Å². The minimum absolute atomic E-state index is 0.00715. The molecule has 2 aliphatic rings. The number of likely N-dealkylation sites (tertiary alicyclic amines) is 1. The number of amides is 1. The van der Waals surface area contributed by atoms with Crippen molar-refractivity contribution in [1.29, 1.82) is 0 Å². The van der Waals surface area contributed by atoms with Crippen LogP contribution in [-0.4, -0.2) is 87.1 Å². The van der Waals surface area contributed by atoms with E-state index in [4.69, 9.17) is 14.2 Å². The van der Waals surface area contributed by atoms with E-state index in [1.165, 1.54) is 0 Å². The summed E-state index contributed by atoms with van der Waals surface area (Å²) < 4.78 is 16.4. The third kappa shape index (κ3) is 7.58. The first kappa shape index (κ1) is 25.3. The molecule has 184 valence electrons. The maximum absolute atomic E-state index is 12.9. The summed E-state index contributed by atoms with van der Waals surface area (Å²) in [5.41, 5.74) is 1.42. The standard InChI is InChI=1S/C24H37N3O6/c1-3-31-22(29)15-25-7-4-8-27-9-6-18(20(28)16-27)14-26-24(30)19-12-17(2)13-21-23(19)33-11-5-10-32-21/h12-13,18,20,25,28H,3-11,14-16H2,1-2H3,(H,26,30)/t18-,20?/m0/s1. The van der Waals surface area contributed by atoms with Gasteiger partial charge in [0.15, 0.2) is 11.5 Å². The van der Waals surface area contributed by atoms with Gasteiger partial charge in [-0.25, -0.2) is 0 Å². The average molecular weight is 464 g/mol. The molecule has 0 spiro atoms. The second kappa shape index (κ2) is 12.8. The monoisotopic (exact) mass is 463 g/mol. The van der Waals surface area contributed by atoms with Gasteiger partial charge in [0.05, 0.1) is 38.0 Å². The van der Waals surface area contributed by atoms with Gasteiger partial charge >= 0.3 is 5.97 Å². The summed E-state index contributed by atoms with van der Waals surface area (Å²) >= 11 is 0. The van der Waals surface area contributed by atoms with E-state index in [9.17, 15) is 14.7 Å². The highest BCUT2D eigenvalue weighted by Crippen LogP contribution is 2.34. The molecule has 9 nitrogen and oxygen atoms in total. The number of piperidine rings is 1. The summed E-state index contributed by atoms with van der Waals surface area (Å²) in [5.74, 6) is 0.678. The zero-order valence-corrected chi connectivity index (χ0v) is 19.7. The number of aliphatic hydroxyl groups excluding tert-OH is 1. The summed E-state index contributed by atoms with van der Waals surface area (Å²) in [7, 11) is 0. The minimum atomic E-state index is -0.499. The second-order valence-electron chi connectivity index (χ2n) is 8.65. The highest BCUT2D eigenvalue weighted by atomic mass is 16.5. The minimum Gasteiger partial charge on any atom is -0.490 e. The number of esters is 1. The Bertz CT molecular complexity index is 803. The van der Waals surface area contributed by atoms with Crippen molar-refractivity contribution in [2.24, 2.45) is 5.92 Å². The van der Waals surface area contributed by atoms with Crippen molar-refractivity contribution in [3.8, 4) is 11.5 Å². The Morgan fingerprint density at radius 1 is 1.27 bits per heavy atom. The molecule has 0 aromatic heterocycles. The van der Waals surface area contributed by atoms with E-state index in [0.717, 1.165) is 44.5 Å². The number of aliphatic hydroxyl groups is 1. The number of rotatable bonds is 10. The second-order valence-corrected chi connectivity index (χ2v) is 8.65. The highest BCUT2D eigenvalue weighted by molar-refractivity contribution is 5.98. The van der Waals surface area contributed by atoms with Crippen molar-refractivity contribution in [1.82, 2.24) is 15.5 Å². The van der Waals surface area contributed by atoms with Crippen LogP contribution < -0.4 is 20.1 Å². The van der Waals surface area contributed by atoms with Crippen LogP contribution in [-0.2, 0) is 9.53 Å². The number of nitrogens with one attached hydrogen (secondary N) is 2. The van der Waals surface area contributed by atoms with E-state index in [1.807, 2.05) is 19.1 Å². The fourth-order valence-corrected chi connectivity index (χ4v) is 4.22. The van der Waals surface area contributed by atoms with E-state index in [0.29, 0.717) is 50.0 Å². The Kier molecular flexibility index (Phi) is 9.77. The van der Waals surface area contributed by atoms with E-state index in [1.54, 1.807) is 6.92 Å². The molecule has 1 amide bonds. The molecular weight excluding hydrogens is 426 g/mol. The molecule has 33 heavy (non-hydrogen) atoms. The number of hydrogen-bond donors (Lipinski definition) is 3. The van der Waals surface area contributed by atoms with E-state index in [2.05, 4.69) is 15.5 Å².